The van der Waals surface area contributed by atoms with Gasteiger partial charge in [-0.2, -0.15) is 5.26 Å². The molecular weight excluding hydrogens is 414 g/mol. The summed E-state index contributed by atoms with van der Waals surface area (Å²) in [6.07, 6.45) is 4.30. The van der Waals surface area contributed by atoms with Gasteiger partial charge in [-0.3, -0.25) is 9.59 Å². The number of nitriles is 1. The Balaban J connectivity index is 1.74. The van der Waals surface area contributed by atoms with Gasteiger partial charge in [-0.15, -0.1) is 0 Å². The number of carbonyl (C=O) groups is 1. The summed E-state index contributed by atoms with van der Waals surface area (Å²) >= 11 is 0. The Hall–Kier alpha value is -4.18. The average Bonchev–Trinajstić information content (AvgIpc) is 3.17. The number of unbranched alkanes of at least 4 members (excludes halogenated alkanes) is 1. The lowest BCUT2D eigenvalue weighted by molar-refractivity contribution is -0.118. The summed E-state index contributed by atoms with van der Waals surface area (Å²) in [4.78, 5) is 29.2. The highest BCUT2D eigenvalue weighted by Crippen LogP contribution is 2.24. The lowest BCUT2D eigenvalue weighted by atomic mass is 9.99. The molecule has 1 amide bonds. The standard InChI is InChI=1S/C26H25N5O2/c1-2-3-8-24-29-22-13-14-30(17-23(28)32)26(33)25(22)31(24)16-18-9-11-19(12-10-18)21-7-5-4-6-20(21)15-27/h4-7,9-14H,2-3,8,16-17H2,1H3,(H2,28,32). The normalized spacial score (nSPS) is 10.9. The molecule has 2 N–H and O–H groups in total. The number of fused-ring (bicyclic) bond motifs is 1. The number of aromatic nitrogens is 3. The van der Waals surface area contributed by atoms with Crippen LogP contribution in [0.25, 0.3) is 22.2 Å². The molecule has 0 aliphatic rings. The van der Waals surface area contributed by atoms with Crippen LogP contribution < -0.4 is 11.3 Å². The molecule has 0 aliphatic heterocycles. The summed E-state index contributed by atoms with van der Waals surface area (Å²) < 4.78 is 3.28. The highest BCUT2D eigenvalue weighted by molar-refractivity contribution is 5.77. The van der Waals surface area contributed by atoms with Crippen molar-refractivity contribution in [3.05, 3.63) is 88.1 Å². The lowest BCUT2D eigenvalue weighted by Crippen LogP contribution is -2.28. The predicted molar refractivity (Wildman–Crippen MR) is 127 cm³/mol. The molecular formula is C26H25N5O2. The van der Waals surface area contributed by atoms with E-state index in [-0.39, 0.29) is 12.1 Å². The summed E-state index contributed by atoms with van der Waals surface area (Å²) in [6, 6.07) is 19.5. The molecule has 0 atom stereocenters. The lowest BCUT2D eigenvalue weighted by Gasteiger charge is -2.11. The number of amides is 1. The first-order chi connectivity index (χ1) is 16.0. The fourth-order valence-corrected chi connectivity index (χ4v) is 4.02. The van der Waals surface area contributed by atoms with Gasteiger partial charge in [-0.25, -0.2) is 4.98 Å². The van der Waals surface area contributed by atoms with E-state index in [2.05, 4.69) is 13.0 Å². The molecule has 2 heterocycles. The van der Waals surface area contributed by atoms with Crippen molar-refractivity contribution in [1.82, 2.24) is 14.1 Å². The highest BCUT2D eigenvalue weighted by atomic mass is 16.2. The van der Waals surface area contributed by atoms with E-state index < -0.39 is 5.91 Å². The molecule has 4 rings (SSSR count). The molecule has 0 spiro atoms. The molecule has 0 unspecified atom stereocenters. The minimum Gasteiger partial charge on any atom is -0.368 e. The van der Waals surface area contributed by atoms with E-state index in [0.29, 0.717) is 23.1 Å². The van der Waals surface area contributed by atoms with Gasteiger partial charge < -0.3 is 14.9 Å². The maximum atomic E-state index is 13.1. The van der Waals surface area contributed by atoms with Crippen molar-refractivity contribution in [3.63, 3.8) is 0 Å². The van der Waals surface area contributed by atoms with Gasteiger partial charge >= 0.3 is 0 Å². The minimum atomic E-state index is -0.568. The van der Waals surface area contributed by atoms with Gasteiger partial charge in [-0.1, -0.05) is 55.8 Å². The van der Waals surface area contributed by atoms with Crippen LogP contribution in [0, 0.1) is 11.3 Å². The van der Waals surface area contributed by atoms with Crippen LogP contribution in [-0.2, 0) is 24.3 Å². The van der Waals surface area contributed by atoms with E-state index >= 15 is 0 Å². The fourth-order valence-electron chi connectivity index (χ4n) is 4.02. The van der Waals surface area contributed by atoms with Crippen LogP contribution in [0.1, 0.15) is 36.7 Å². The Morgan fingerprint density at radius 2 is 1.88 bits per heavy atom. The Bertz CT molecular complexity index is 1410. The molecule has 7 nitrogen and oxygen atoms in total. The van der Waals surface area contributed by atoms with E-state index in [1.54, 1.807) is 18.3 Å². The molecule has 0 saturated carbocycles. The van der Waals surface area contributed by atoms with Gasteiger partial charge in [-0.05, 0) is 35.2 Å². The van der Waals surface area contributed by atoms with Crippen LogP contribution >= 0.6 is 0 Å². The van der Waals surface area contributed by atoms with Crippen LogP contribution in [0.15, 0.2) is 65.6 Å². The number of rotatable bonds is 8. The number of aryl methyl sites for hydroxylation is 1. The number of pyridine rings is 1. The molecule has 33 heavy (non-hydrogen) atoms. The van der Waals surface area contributed by atoms with Crippen LogP contribution in [-0.4, -0.2) is 20.0 Å². The van der Waals surface area contributed by atoms with E-state index in [0.717, 1.165) is 41.8 Å². The third kappa shape index (κ3) is 4.55. The first kappa shape index (κ1) is 22.0. The zero-order valence-electron chi connectivity index (χ0n) is 18.5. The molecule has 4 aromatic rings. The largest absolute Gasteiger partial charge is 0.368 e. The van der Waals surface area contributed by atoms with Crippen LogP contribution in [0.5, 0.6) is 0 Å². The summed E-state index contributed by atoms with van der Waals surface area (Å²) in [7, 11) is 0. The Kier molecular flexibility index (Phi) is 6.36. The number of primary amides is 1. The van der Waals surface area contributed by atoms with Gasteiger partial charge in [0.25, 0.3) is 5.56 Å². The molecule has 2 aromatic carbocycles. The fraction of sp³-hybridized carbons (Fsp3) is 0.231. The van der Waals surface area contributed by atoms with Gasteiger partial charge in [0, 0.05) is 19.2 Å². The van der Waals surface area contributed by atoms with Gasteiger partial charge in [0.05, 0.1) is 17.1 Å². The van der Waals surface area contributed by atoms with Crippen molar-refractivity contribution >= 4 is 16.9 Å². The molecule has 0 radical (unpaired) electrons. The van der Waals surface area contributed by atoms with Crippen molar-refractivity contribution in [2.24, 2.45) is 5.73 Å². The number of benzene rings is 2. The maximum absolute atomic E-state index is 13.1. The van der Waals surface area contributed by atoms with E-state index in [9.17, 15) is 14.9 Å². The maximum Gasteiger partial charge on any atom is 0.277 e. The third-order valence-electron chi connectivity index (χ3n) is 5.68. The summed E-state index contributed by atoms with van der Waals surface area (Å²) in [5.41, 5.74) is 9.61. The SMILES string of the molecule is CCCCc1nc2ccn(CC(N)=O)c(=O)c2n1Cc1ccc(-c2ccccc2C#N)cc1. The average molecular weight is 440 g/mol. The molecule has 0 bridgehead atoms. The van der Waals surface area contributed by atoms with Crippen molar-refractivity contribution in [2.75, 3.05) is 0 Å². The molecule has 7 heteroatoms. The van der Waals surface area contributed by atoms with Crippen molar-refractivity contribution in [2.45, 2.75) is 39.3 Å². The Morgan fingerprint density at radius 1 is 1.12 bits per heavy atom. The van der Waals surface area contributed by atoms with E-state index in [1.807, 2.05) is 47.0 Å². The van der Waals surface area contributed by atoms with Gasteiger partial charge in [0.15, 0.2) is 0 Å². The zero-order chi connectivity index (χ0) is 23.4. The summed E-state index contributed by atoms with van der Waals surface area (Å²) in [5.74, 6) is 0.279. The molecule has 2 aromatic heterocycles. The number of nitrogens with two attached hydrogens (primary N) is 1. The number of carbonyl (C=O) groups excluding carboxylic acids is 1. The second-order valence-corrected chi connectivity index (χ2v) is 8.02. The van der Waals surface area contributed by atoms with E-state index in [1.165, 1.54) is 4.57 Å². The number of hydrogen-bond acceptors (Lipinski definition) is 4. The number of imidazole rings is 1. The van der Waals surface area contributed by atoms with Gasteiger partial charge in [0.2, 0.25) is 5.91 Å². The monoisotopic (exact) mass is 439 g/mol. The predicted octanol–water partition coefficient (Wildman–Crippen LogP) is 3.61. The topological polar surface area (TPSA) is 107 Å². The van der Waals surface area contributed by atoms with Crippen LogP contribution in [0.2, 0.25) is 0 Å². The van der Waals surface area contributed by atoms with Crippen molar-refractivity contribution in [1.29, 1.82) is 5.26 Å². The van der Waals surface area contributed by atoms with Crippen LogP contribution in [0.4, 0.5) is 0 Å². The van der Waals surface area contributed by atoms with Crippen LogP contribution in [0.3, 0.4) is 0 Å². The first-order valence-corrected chi connectivity index (χ1v) is 11.0. The van der Waals surface area contributed by atoms with Crippen molar-refractivity contribution in [3.8, 4) is 17.2 Å². The Morgan fingerprint density at radius 3 is 2.58 bits per heavy atom. The quantitative estimate of drug-likeness (QED) is 0.452. The number of nitrogens with zero attached hydrogens (tertiary/aromatic N) is 4. The second-order valence-electron chi connectivity index (χ2n) is 8.02. The first-order valence-electron chi connectivity index (χ1n) is 11.0. The van der Waals surface area contributed by atoms with E-state index in [4.69, 9.17) is 10.7 Å². The van der Waals surface area contributed by atoms with Gasteiger partial charge in [0.1, 0.15) is 17.9 Å². The second kappa shape index (κ2) is 9.53. The molecule has 166 valence electrons. The highest BCUT2D eigenvalue weighted by Gasteiger charge is 2.16. The molecule has 0 aliphatic carbocycles. The molecule has 0 saturated heterocycles. The summed E-state index contributed by atoms with van der Waals surface area (Å²) in [6.45, 7) is 2.42. The smallest absolute Gasteiger partial charge is 0.277 e. The van der Waals surface area contributed by atoms with Crippen molar-refractivity contribution < 1.29 is 4.79 Å². The molecule has 0 fully saturated rings. The Labute approximate surface area is 191 Å². The summed E-state index contributed by atoms with van der Waals surface area (Å²) in [5, 5.41) is 9.39. The zero-order valence-corrected chi connectivity index (χ0v) is 18.5. The minimum absolute atomic E-state index is 0.169. The number of hydrogen-bond donors (Lipinski definition) is 1. The third-order valence-corrected chi connectivity index (χ3v) is 5.68.